The molecule has 0 aliphatic carbocycles. The molecule has 1 aromatic rings. The molecule has 2 fully saturated rings. The number of fused-ring (bicyclic) bond motifs is 5. The number of hydrogen-bond donors (Lipinski definition) is 1. The number of nitrogens with one attached hydrogen (secondary N) is 1. The summed E-state index contributed by atoms with van der Waals surface area (Å²) in [5.41, 5.74) is -0.586. The van der Waals surface area contributed by atoms with Gasteiger partial charge in [0.2, 0.25) is 11.8 Å². The van der Waals surface area contributed by atoms with Crippen molar-refractivity contribution >= 4 is 17.8 Å². The van der Waals surface area contributed by atoms with Gasteiger partial charge in [0.25, 0.3) is 0 Å². The lowest BCUT2D eigenvalue weighted by Gasteiger charge is -2.42. The lowest BCUT2D eigenvalue weighted by Crippen LogP contribution is -2.66. The van der Waals surface area contributed by atoms with Crippen LogP contribution in [0.25, 0.3) is 0 Å². The molecule has 0 unspecified atom stereocenters. The van der Waals surface area contributed by atoms with Crippen LogP contribution >= 0.6 is 0 Å². The number of methoxy groups -OCH3 is 1. The zero-order valence-corrected chi connectivity index (χ0v) is 15.5. The summed E-state index contributed by atoms with van der Waals surface area (Å²) in [7, 11) is 1.56. The summed E-state index contributed by atoms with van der Waals surface area (Å²) in [6, 6.07) is 4.91. The number of carbonyl (C=O) groups is 3. The number of carbonyl (C=O) groups excluding carboxylic acids is 3. The molecule has 0 saturated carbocycles. The molecule has 1 N–H and O–H groups in total. The average molecular weight is 374 g/mol. The van der Waals surface area contributed by atoms with Crippen LogP contribution in [0.3, 0.4) is 0 Å². The highest BCUT2D eigenvalue weighted by Gasteiger charge is 2.67. The van der Waals surface area contributed by atoms with Crippen molar-refractivity contribution in [2.75, 3.05) is 26.9 Å². The van der Waals surface area contributed by atoms with Crippen molar-refractivity contribution in [1.82, 2.24) is 10.2 Å². The average Bonchev–Trinajstić information content (AvgIpc) is 2.95. The maximum Gasteiger partial charge on any atom is 0.312 e. The number of esters is 1. The van der Waals surface area contributed by atoms with E-state index in [9.17, 15) is 14.4 Å². The van der Waals surface area contributed by atoms with Crippen molar-refractivity contribution in [3.8, 4) is 11.5 Å². The Morgan fingerprint density at radius 3 is 2.89 bits per heavy atom. The van der Waals surface area contributed by atoms with E-state index in [0.29, 0.717) is 11.5 Å². The van der Waals surface area contributed by atoms with E-state index in [1.54, 1.807) is 44.1 Å². The minimum atomic E-state index is -1.33. The fraction of sp³-hybridized carbons (Fsp3) is 0.526. The molecular formula is C19H22N2O6. The predicted molar refractivity (Wildman–Crippen MR) is 93.1 cm³/mol. The molecule has 8 heteroatoms. The van der Waals surface area contributed by atoms with Crippen LogP contribution in [0.4, 0.5) is 0 Å². The fourth-order valence-electron chi connectivity index (χ4n) is 4.71. The van der Waals surface area contributed by atoms with Gasteiger partial charge in [-0.25, -0.2) is 0 Å². The number of hydrogen-bond acceptors (Lipinski definition) is 6. The first-order valence-corrected chi connectivity index (χ1v) is 9.01. The van der Waals surface area contributed by atoms with Crippen molar-refractivity contribution < 1.29 is 28.6 Å². The Hall–Kier alpha value is -2.77. The van der Waals surface area contributed by atoms with E-state index in [0.717, 1.165) is 5.56 Å². The summed E-state index contributed by atoms with van der Waals surface area (Å²) in [5.74, 6) is -1.02. The van der Waals surface area contributed by atoms with Gasteiger partial charge in [-0.2, -0.15) is 0 Å². The summed E-state index contributed by atoms with van der Waals surface area (Å²) < 4.78 is 16.5. The van der Waals surface area contributed by atoms with Gasteiger partial charge in [-0.3, -0.25) is 14.4 Å². The Morgan fingerprint density at radius 1 is 1.41 bits per heavy atom. The second kappa shape index (κ2) is 6.14. The maximum atomic E-state index is 12.9. The molecule has 1 aromatic carbocycles. The van der Waals surface area contributed by atoms with Crippen LogP contribution < -0.4 is 14.8 Å². The van der Waals surface area contributed by atoms with E-state index < -0.39 is 23.5 Å². The van der Waals surface area contributed by atoms with E-state index in [1.807, 2.05) is 0 Å². The summed E-state index contributed by atoms with van der Waals surface area (Å²) >= 11 is 0. The largest absolute Gasteiger partial charge is 0.497 e. The molecule has 3 aliphatic heterocycles. The molecule has 144 valence electrons. The SMILES string of the molecule is CCOC(=O)[C@H]1[C@H]2COc3ccc(OC)cc3[C@H]2N2C(=O)CNC(=O)[C@@]12C. The molecule has 2 saturated heterocycles. The quantitative estimate of drug-likeness (QED) is 0.781. The third-order valence-electron chi connectivity index (χ3n) is 5.85. The van der Waals surface area contributed by atoms with Crippen molar-refractivity contribution in [2.45, 2.75) is 25.4 Å². The number of piperazine rings is 1. The third kappa shape index (κ3) is 2.32. The first-order chi connectivity index (χ1) is 12.9. The predicted octanol–water partition coefficient (Wildman–Crippen LogP) is 0.655. The number of amides is 2. The molecule has 0 bridgehead atoms. The smallest absolute Gasteiger partial charge is 0.312 e. The minimum absolute atomic E-state index is 0.0899. The van der Waals surface area contributed by atoms with Gasteiger partial charge in [-0.15, -0.1) is 0 Å². The summed E-state index contributed by atoms with van der Waals surface area (Å²) in [5, 5.41) is 2.62. The second-order valence-electron chi connectivity index (χ2n) is 7.15. The highest BCUT2D eigenvalue weighted by Crippen LogP contribution is 2.56. The summed E-state index contributed by atoms with van der Waals surface area (Å²) in [4.78, 5) is 40.1. The van der Waals surface area contributed by atoms with E-state index in [1.165, 1.54) is 0 Å². The lowest BCUT2D eigenvalue weighted by atomic mass is 9.77. The normalized spacial score (nSPS) is 31.2. The van der Waals surface area contributed by atoms with E-state index >= 15 is 0 Å². The van der Waals surface area contributed by atoms with Gasteiger partial charge in [0, 0.05) is 11.5 Å². The van der Waals surface area contributed by atoms with Gasteiger partial charge in [-0.05, 0) is 32.0 Å². The van der Waals surface area contributed by atoms with Crippen LogP contribution in [0.2, 0.25) is 0 Å². The van der Waals surface area contributed by atoms with Gasteiger partial charge in [0.1, 0.15) is 17.0 Å². The standard InChI is InChI=1S/C19H22N2O6/c1-4-26-17(23)15-12-9-27-13-6-5-10(25-3)7-11(13)16(12)21-14(22)8-20-18(24)19(15,21)2/h5-7,12,15-16H,4,8-9H2,1-3H3,(H,20,24)/t12-,15-,16-,19-/m1/s1. The van der Waals surface area contributed by atoms with Crippen LogP contribution in [0, 0.1) is 11.8 Å². The van der Waals surface area contributed by atoms with Gasteiger partial charge in [-0.1, -0.05) is 0 Å². The van der Waals surface area contributed by atoms with Crippen molar-refractivity contribution in [1.29, 1.82) is 0 Å². The number of rotatable bonds is 3. The Morgan fingerprint density at radius 2 is 2.19 bits per heavy atom. The zero-order valence-electron chi connectivity index (χ0n) is 15.5. The zero-order chi connectivity index (χ0) is 19.3. The highest BCUT2D eigenvalue weighted by molar-refractivity contribution is 6.02. The molecule has 27 heavy (non-hydrogen) atoms. The highest BCUT2D eigenvalue weighted by atomic mass is 16.5. The molecule has 3 heterocycles. The van der Waals surface area contributed by atoms with Crippen molar-refractivity contribution in [2.24, 2.45) is 11.8 Å². The monoisotopic (exact) mass is 374 g/mol. The van der Waals surface area contributed by atoms with Gasteiger partial charge < -0.3 is 24.4 Å². The Kier molecular flexibility index (Phi) is 4.01. The first-order valence-electron chi connectivity index (χ1n) is 9.01. The molecule has 8 nitrogen and oxygen atoms in total. The Balaban J connectivity index is 1.89. The van der Waals surface area contributed by atoms with Crippen LogP contribution in [0.1, 0.15) is 25.5 Å². The topological polar surface area (TPSA) is 94.2 Å². The Bertz CT molecular complexity index is 824. The van der Waals surface area contributed by atoms with Gasteiger partial charge >= 0.3 is 5.97 Å². The number of ether oxygens (including phenoxy) is 3. The van der Waals surface area contributed by atoms with Gasteiger partial charge in [0.05, 0.1) is 38.8 Å². The van der Waals surface area contributed by atoms with Crippen LogP contribution in [0.15, 0.2) is 18.2 Å². The number of benzene rings is 1. The molecule has 0 aromatic heterocycles. The van der Waals surface area contributed by atoms with Crippen LogP contribution in [-0.2, 0) is 19.1 Å². The fourth-order valence-corrected chi connectivity index (χ4v) is 4.71. The Labute approximate surface area is 156 Å². The molecule has 4 rings (SSSR count). The number of nitrogens with zero attached hydrogens (tertiary/aromatic N) is 1. The second-order valence-corrected chi connectivity index (χ2v) is 7.15. The van der Waals surface area contributed by atoms with Crippen molar-refractivity contribution in [3.63, 3.8) is 0 Å². The molecular weight excluding hydrogens is 352 g/mol. The molecule has 0 radical (unpaired) electrons. The summed E-state index contributed by atoms with van der Waals surface area (Å²) in [6.45, 7) is 3.68. The van der Waals surface area contributed by atoms with Crippen molar-refractivity contribution in [3.05, 3.63) is 23.8 Å². The van der Waals surface area contributed by atoms with Crippen LogP contribution in [-0.4, -0.2) is 55.1 Å². The molecule has 4 atom stereocenters. The van der Waals surface area contributed by atoms with E-state index in [-0.39, 0.29) is 37.5 Å². The van der Waals surface area contributed by atoms with Gasteiger partial charge in [0.15, 0.2) is 0 Å². The molecule has 2 amide bonds. The molecule has 0 spiro atoms. The molecule has 3 aliphatic rings. The first kappa shape index (κ1) is 17.6. The lowest BCUT2D eigenvalue weighted by molar-refractivity contribution is -0.162. The summed E-state index contributed by atoms with van der Waals surface area (Å²) in [6.07, 6.45) is 0. The maximum absolute atomic E-state index is 12.9. The minimum Gasteiger partial charge on any atom is -0.497 e. The van der Waals surface area contributed by atoms with E-state index in [2.05, 4.69) is 5.32 Å². The van der Waals surface area contributed by atoms with Crippen LogP contribution in [0.5, 0.6) is 11.5 Å². The third-order valence-corrected chi connectivity index (χ3v) is 5.85. The van der Waals surface area contributed by atoms with E-state index in [4.69, 9.17) is 14.2 Å².